The Morgan fingerprint density at radius 2 is 1.26 bits per heavy atom. The molecule has 4 heterocycles. The van der Waals surface area contributed by atoms with Crippen molar-refractivity contribution >= 4 is 34.8 Å². The van der Waals surface area contributed by atoms with E-state index in [1.807, 2.05) is 27.7 Å². The zero-order valence-electron chi connectivity index (χ0n) is 27.7. The molecule has 3 aliphatic heterocycles. The lowest BCUT2D eigenvalue weighted by Gasteiger charge is -2.45. The van der Waals surface area contributed by atoms with Crippen LogP contribution in [0, 0.1) is 28.6 Å². The molecule has 2 saturated carbocycles. The summed E-state index contributed by atoms with van der Waals surface area (Å²) in [4.78, 5) is 67.6. The Bertz CT molecular complexity index is 1830. The average molecular weight is 637 g/mol. The smallest absolute Gasteiger partial charge is 0.351 e. The summed E-state index contributed by atoms with van der Waals surface area (Å²) in [6.45, 7) is 15.9. The third-order valence-electron chi connectivity index (χ3n) is 13.0. The number of benzene rings is 1. The van der Waals surface area contributed by atoms with E-state index < -0.39 is 80.2 Å². The van der Waals surface area contributed by atoms with Gasteiger partial charge in [0.15, 0.2) is 12.2 Å². The summed E-state index contributed by atoms with van der Waals surface area (Å²) < 4.78 is 36.5. The first-order valence-electron chi connectivity index (χ1n) is 15.8. The standard InChI is InChI=1S/C35H40O11/c1-17-16-18-10-11-19-20(21(18)41-24(17)36)22(42-27(39)34-14-12-32(8,25(37)45-34)30(34,4)5)23(29(2,3)44-19)43-28(40)35-15-13-33(9,26(38)46-35)31(35,6)7/h10-11,16,22-23H,12-15H2,1-9H3/t22-,23-,32?,33?,34?,35?/m1/s1. The quantitative estimate of drug-likeness (QED) is 0.254. The van der Waals surface area contributed by atoms with Crippen molar-refractivity contribution in [2.24, 2.45) is 21.7 Å². The number of hydrogen-bond acceptors (Lipinski definition) is 11. The fourth-order valence-corrected chi connectivity index (χ4v) is 8.66. The van der Waals surface area contributed by atoms with Crippen LogP contribution in [0.1, 0.15) is 98.3 Å². The molecule has 46 heavy (non-hydrogen) atoms. The predicted molar refractivity (Wildman–Crippen MR) is 161 cm³/mol. The molecule has 7 rings (SSSR count). The summed E-state index contributed by atoms with van der Waals surface area (Å²) in [5.41, 5.74) is -7.95. The van der Waals surface area contributed by atoms with Gasteiger partial charge < -0.3 is 28.1 Å². The maximum Gasteiger partial charge on any atom is 0.351 e. The molecule has 1 aromatic heterocycles. The summed E-state index contributed by atoms with van der Waals surface area (Å²) in [5.74, 6) is -2.25. The highest BCUT2D eigenvalue weighted by atomic mass is 16.7. The molecule has 11 heteroatoms. The van der Waals surface area contributed by atoms with Crippen molar-refractivity contribution < 1.29 is 47.3 Å². The van der Waals surface area contributed by atoms with E-state index in [0.29, 0.717) is 23.8 Å². The molecule has 4 unspecified atom stereocenters. The molecule has 2 aromatic rings. The molecule has 1 aromatic carbocycles. The molecule has 5 aliphatic rings. The Balaban J connectivity index is 1.37. The monoisotopic (exact) mass is 636 g/mol. The second-order valence-electron chi connectivity index (χ2n) is 15.8. The number of fused-ring (bicyclic) bond motifs is 7. The molecule has 4 bridgehead atoms. The number of carbonyl (C=O) groups excluding carboxylic acids is 4. The van der Waals surface area contributed by atoms with Gasteiger partial charge >= 0.3 is 29.5 Å². The predicted octanol–water partition coefficient (Wildman–Crippen LogP) is 5.01. The van der Waals surface area contributed by atoms with E-state index in [1.54, 1.807) is 52.8 Å². The number of ether oxygens (including phenoxy) is 5. The minimum Gasteiger partial charge on any atom is -0.483 e. The van der Waals surface area contributed by atoms with Gasteiger partial charge in [0.2, 0.25) is 11.2 Å². The van der Waals surface area contributed by atoms with Crippen molar-refractivity contribution in [1.29, 1.82) is 0 Å². The molecule has 246 valence electrons. The first-order valence-corrected chi connectivity index (χ1v) is 15.8. The molecule has 0 radical (unpaired) electrons. The molecular weight excluding hydrogens is 596 g/mol. The summed E-state index contributed by atoms with van der Waals surface area (Å²) in [7, 11) is 0. The summed E-state index contributed by atoms with van der Waals surface area (Å²) >= 11 is 0. The molecule has 6 atom stereocenters. The van der Waals surface area contributed by atoms with E-state index >= 15 is 0 Å². The second kappa shape index (κ2) is 8.72. The lowest BCUT2D eigenvalue weighted by Crippen LogP contribution is -2.57. The van der Waals surface area contributed by atoms with Gasteiger partial charge in [0.1, 0.15) is 16.9 Å². The lowest BCUT2D eigenvalue weighted by atomic mass is 9.66. The fraction of sp³-hybridized carbons (Fsp3) is 0.629. The molecule has 2 saturated heterocycles. The Kier molecular flexibility index (Phi) is 5.83. The lowest BCUT2D eigenvalue weighted by molar-refractivity contribution is -0.217. The van der Waals surface area contributed by atoms with Crippen LogP contribution < -0.4 is 10.4 Å². The number of hydrogen-bond donors (Lipinski definition) is 0. The topological polar surface area (TPSA) is 145 Å². The van der Waals surface area contributed by atoms with Gasteiger partial charge in [-0.3, -0.25) is 9.59 Å². The molecule has 4 fully saturated rings. The zero-order chi connectivity index (χ0) is 33.6. The van der Waals surface area contributed by atoms with E-state index in [0.717, 1.165) is 0 Å². The van der Waals surface area contributed by atoms with Crippen LogP contribution in [0.25, 0.3) is 11.0 Å². The van der Waals surface area contributed by atoms with E-state index in [1.165, 1.54) is 0 Å². The number of esters is 4. The zero-order valence-corrected chi connectivity index (χ0v) is 27.7. The van der Waals surface area contributed by atoms with Gasteiger partial charge in [-0.25, -0.2) is 14.4 Å². The normalized spacial score (nSPS) is 37.3. The minimum atomic E-state index is -1.59. The SMILES string of the molecule is Cc1cc2ccc3c(c2oc1=O)[C@@H](OC(=O)C12CCC(C)(C(=O)O1)C2(C)C)[C@@H](OC(=O)C12CCC(C)(C(=O)O1)C2(C)C)C(C)(C)O3. The third kappa shape index (κ3) is 3.31. The van der Waals surface area contributed by atoms with Gasteiger partial charge in [-0.1, -0.05) is 27.7 Å². The van der Waals surface area contributed by atoms with Gasteiger partial charge in [-0.2, -0.15) is 0 Å². The fourth-order valence-electron chi connectivity index (χ4n) is 8.66. The first-order chi connectivity index (χ1) is 21.2. The van der Waals surface area contributed by atoms with Crippen LogP contribution in [0.3, 0.4) is 0 Å². The van der Waals surface area contributed by atoms with Crippen LogP contribution in [-0.2, 0) is 38.1 Å². The highest BCUT2D eigenvalue weighted by Gasteiger charge is 2.78. The number of rotatable bonds is 4. The number of aryl methyl sites for hydroxylation is 1. The Hall–Kier alpha value is -3.89. The maximum absolute atomic E-state index is 14.4. The molecule has 0 spiro atoms. The van der Waals surface area contributed by atoms with Crippen molar-refractivity contribution in [3.63, 3.8) is 0 Å². The molecule has 2 aliphatic carbocycles. The second-order valence-corrected chi connectivity index (χ2v) is 15.8. The van der Waals surface area contributed by atoms with Gasteiger partial charge in [-0.15, -0.1) is 0 Å². The minimum absolute atomic E-state index is 0.109. The number of carbonyl (C=O) groups is 4. The van der Waals surface area contributed by atoms with Crippen molar-refractivity contribution in [1.82, 2.24) is 0 Å². The maximum atomic E-state index is 14.4. The van der Waals surface area contributed by atoms with Crippen LogP contribution in [0.15, 0.2) is 27.4 Å². The van der Waals surface area contributed by atoms with E-state index in [2.05, 4.69) is 0 Å². The Morgan fingerprint density at radius 3 is 1.74 bits per heavy atom. The van der Waals surface area contributed by atoms with E-state index in [9.17, 15) is 24.0 Å². The third-order valence-corrected chi connectivity index (χ3v) is 13.0. The first kappa shape index (κ1) is 30.7. The summed E-state index contributed by atoms with van der Waals surface area (Å²) in [6, 6.07) is 5.07. The van der Waals surface area contributed by atoms with Crippen molar-refractivity contribution in [2.75, 3.05) is 0 Å². The highest BCUT2D eigenvalue weighted by molar-refractivity contribution is 5.95. The van der Waals surface area contributed by atoms with E-state index in [-0.39, 0.29) is 29.7 Å². The van der Waals surface area contributed by atoms with Crippen LogP contribution in [0.5, 0.6) is 5.75 Å². The van der Waals surface area contributed by atoms with Crippen molar-refractivity contribution in [2.45, 2.75) is 117 Å². The molecule has 0 amide bonds. The summed E-state index contributed by atoms with van der Waals surface area (Å²) in [6.07, 6.45) is -1.27. The van der Waals surface area contributed by atoms with Crippen molar-refractivity contribution in [3.05, 3.63) is 39.7 Å². The van der Waals surface area contributed by atoms with Crippen molar-refractivity contribution in [3.8, 4) is 5.75 Å². The molecular formula is C35H40O11. The van der Waals surface area contributed by atoms with Crippen LogP contribution in [0.2, 0.25) is 0 Å². The van der Waals surface area contributed by atoms with Crippen LogP contribution in [0.4, 0.5) is 0 Å². The van der Waals surface area contributed by atoms with Gasteiger partial charge in [-0.05, 0) is 78.5 Å². The Labute approximate surface area is 266 Å². The Morgan fingerprint density at radius 1 is 0.739 bits per heavy atom. The van der Waals surface area contributed by atoms with E-state index in [4.69, 9.17) is 28.1 Å². The highest BCUT2D eigenvalue weighted by Crippen LogP contribution is 2.67. The van der Waals surface area contributed by atoms with Crippen LogP contribution in [-0.4, -0.2) is 46.8 Å². The van der Waals surface area contributed by atoms with Gasteiger partial charge in [0.05, 0.1) is 16.4 Å². The molecule has 0 N–H and O–H groups in total. The van der Waals surface area contributed by atoms with Gasteiger partial charge in [0, 0.05) is 21.8 Å². The molecule has 11 nitrogen and oxygen atoms in total. The van der Waals surface area contributed by atoms with Crippen LogP contribution >= 0.6 is 0 Å². The van der Waals surface area contributed by atoms with Gasteiger partial charge in [0.25, 0.3) is 0 Å². The largest absolute Gasteiger partial charge is 0.483 e. The average Bonchev–Trinajstić information content (AvgIpc) is 3.43. The summed E-state index contributed by atoms with van der Waals surface area (Å²) in [5, 5.41) is 0.542.